The molecule has 2 aromatic rings. The zero-order chi connectivity index (χ0) is 13.8. The Labute approximate surface area is 118 Å². The van der Waals surface area contributed by atoms with Gasteiger partial charge in [0.15, 0.2) is 0 Å². The van der Waals surface area contributed by atoms with Crippen molar-refractivity contribution in [2.24, 2.45) is 0 Å². The molecular formula is C15H18N4O. The van der Waals surface area contributed by atoms with Crippen LogP contribution in [-0.4, -0.2) is 30.2 Å². The van der Waals surface area contributed by atoms with Gasteiger partial charge < -0.3 is 15.0 Å². The minimum Gasteiger partial charge on any atom is -0.497 e. The Morgan fingerprint density at radius 1 is 1.10 bits per heavy atom. The summed E-state index contributed by atoms with van der Waals surface area (Å²) in [5.41, 5.74) is 0.983. The highest BCUT2D eigenvalue weighted by atomic mass is 16.5. The van der Waals surface area contributed by atoms with Crippen LogP contribution in [0.5, 0.6) is 5.75 Å². The van der Waals surface area contributed by atoms with E-state index in [1.807, 2.05) is 30.3 Å². The zero-order valence-electron chi connectivity index (χ0n) is 11.5. The van der Waals surface area contributed by atoms with Crippen molar-refractivity contribution in [3.63, 3.8) is 0 Å². The van der Waals surface area contributed by atoms with Crippen LogP contribution in [0, 0.1) is 0 Å². The molecule has 5 heteroatoms. The SMILES string of the molecule is COc1ccc(Nc2cc(N3CCCC3)ncn2)cc1. The fourth-order valence-electron chi connectivity index (χ4n) is 2.36. The number of ether oxygens (including phenoxy) is 1. The Morgan fingerprint density at radius 3 is 2.55 bits per heavy atom. The second-order valence-corrected chi connectivity index (χ2v) is 4.81. The minimum absolute atomic E-state index is 0.812. The summed E-state index contributed by atoms with van der Waals surface area (Å²) in [6.45, 7) is 2.16. The van der Waals surface area contributed by atoms with E-state index in [1.54, 1.807) is 13.4 Å². The summed E-state index contributed by atoms with van der Waals surface area (Å²) in [7, 11) is 1.66. The summed E-state index contributed by atoms with van der Waals surface area (Å²) in [6.07, 6.45) is 4.09. The first-order chi connectivity index (χ1) is 9.85. The number of nitrogens with one attached hydrogen (secondary N) is 1. The van der Waals surface area contributed by atoms with E-state index in [0.717, 1.165) is 36.2 Å². The van der Waals surface area contributed by atoms with E-state index in [0.29, 0.717) is 0 Å². The maximum atomic E-state index is 5.15. The van der Waals surface area contributed by atoms with Crippen molar-refractivity contribution in [3.05, 3.63) is 36.7 Å². The predicted molar refractivity (Wildman–Crippen MR) is 79.8 cm³/mol. The van der Waals surface area contributed by atoms with Gasteiger partial charge in [0.1, 0.15) is 23.7 Å². The number of benzene rings is 1. The van der Waals surface area contributed by atoms with Crippen molar-refractivity contribution in [2.45, 2.75) is 12.8 Å². The van der Waals surface area contributed by atoms with Gasteiger partial charge in [0.2, 0.25) is 0 Å². The lowest BCUT2D eigenvalue weighted by atomic mass is 10.3. The van der Waals surface area contributed by atoms with Gasteiger partial charge in [-0.05, 0) is 37.1 Å². The molecule has 104 valence electrons. The molecule has 0 atom stereocenters. The molecule has 0 aliphatic carbocycles. The summed E-state index contributed by atoms with van der Waals surface area (Å²) >= 11 is 0. The first-order valence-corrected chi connectivity index (χ1v) is 6.83. The minimum atomic E-state index is 0.812. The van der Waals surface area contributed by atoms with E-state index in [-0.39, 0.29) is 0 Å². The Bertz CT molecular complexity index is 564. The molecule has 0 unspecified atom stereocenters. The highest BCUT2D eigenvalue weighted by Gasteiger charge is 2.13. The predicted octanol–water partition coefficient (Wildman–Crippen LogP) is 2.83. The molecule has 1 saturated heterocycles. The van der Waals surface area contributed by atoms with Crippen molar-refractivity contribution >= 4 is 17.3 Å². The normalized spacial score (nSPS) is 14.3. The lowest BCUT2D eigenvalue weighted by Gasteiger charge is -2.16. The summed E-state index contributed by atoms with van der Waals surface area (Å²) in [6, 6.07) is 9.78. The first-order valence-electron chi connectivity index (χ1n) is 6.83. The van der Waals surface area contributed by atoms with Crippen molar-refractivity contribution in [1.82, 2.24) is 9.97 Å². The molecule has 20 heavy (non-hydrogen) atoms. The van der Waals surface area contributed by atoms with E-state index >= 15 is 0 Å². The van der Waals surface area contributed by atoms with Crippen LogP contribution in [0.1, 0.15) is 12.8 Å². The third kappa shape index (κ3) is 2.82. The number of nitrogens with zero attached hydrogens (tertiary/aromatic N) is 3. The first kappa shape index (κ1) is 12.7. The fourth-order valence-corrected chi connectivity index (χ4v) is 2.36. The van der Waals surface area contributed by atoms with Gasteiger partial charge in [-0.15, -0.1) is 0 Å². The van der Waals surface area contributed by atoms with Crippen molar-refractivity contribution in [2.75, 3.05) is 30.4 Å². The number of anilines is 3. The van der Waals surface area contributed by atoms with Gasteiger partial charge in [-0.25, -0.2) is 9.97 Å². The molecule has 1 aliphatic heterocycles. The molecule has 1 N–H and O–H groups in total. The van der Waals surface area contributed by atoms with Crippen molar-refractivity contribution in [1.29, 1.82) is 0 Å². The Balaban J connectivity index is 1.74. The van der Waals surface area contributed by atoms with E-state index in [9.17, 15) is 0 Å². The molecule has 1 aromatic heterocycles. The van der Waals surface area contributed by atoms with Crippen LogP contribution in [-0.2, 0) is 0 Å². The third-order valence-electron chi connectivity index (χ3n) is 3.45. The molecule has 0 saturated carbocycles. The highest BCUT2D eigenvalue weighted by molar-refractivity contribution is 5.60. The van der Waals surface area contributed by atoms with Gasteiger partial charge in [0, 0.05) is 24.8 Å². The average Bonchev–Trinajstić information content (AvgIpc) is 3.03. The molecule has 1 fully saturated rings. The highest BCUT2D eigenvalue weighted by Crippen LogP contribution is 2.22. The quantitative estimate of drug-likeness (QED) is 0.925. The standard InChI is InChI=1S/C15H18N4O/c1-20-13-6-4-12(5-7-13)18-14-10-15(17-11-16-14)19-8-2-3-9-19/h4-7,10-11H,2-3,8-9H2,1H3,(H,16,17,18). The lowest BCUT2D eigenvalue weighted by Crippen LogP contribution is -2.19. The molecule has 0 radical (unpaired) electrons. The van der Waals surface area contributed by atoms with E-state index < -0.39 is 0 Å². The number of aromatic nitrogens is 2. The Morgan fingerprint density at radius 2 is 1.85 bits per heavy atom. The number of hydrogen-bond acceptors (Lipinski definition) is 5. The van der Waals surface area contributed by atoms with Crippen molar-refractivity contribution in [3.8, 4) is 5.75 Å². The van der Waals surface area contributed by atoms with Crippen LogP contribution in [0.25, 0.3) is 0 Å². The Kier molecular flexibility index (Phi) is 3.67. The second kappa shape index (κ2) is 5.77. The summed E-state index contributed by atoms with van der Waals surface area (Å²) in [5, 5.41) is 3.29. The van der Waals surface area contributed by atoms with Gasteiger partial charge in [0.25, 0.3) is 0 Å². The van der Waals surface area contributed by atoms with Crippen LogP contribution in [0.4, 0.5) is 17.3 Å². The number of rotatable bonds is 4. The van der Waals surface area contributed by atoms with Crippen molar-refractivity contribution < 1.29 is 4.74 Å². The molecule has 1 aliphatic rings. The number of hydrogen-bond donors (Lipinski definition) is 1. The topological polar surface area (TPSA) is 50.3 Å². The van der Waals surface area contributed by atoms with E-state index in [1.165, 1.54) is 12.8 Å². The largest absolute Gasteiger partial charge is 0.497 e. The maximum Gasteiger partial charge on any atom is 0.135 e. The zero-order valence-corrected chi connectivity index (χ0v) is 11.5. The van der Waals surface area contributed by atoms with Crippen LogP contribution in [0.2, 0.25) is 0 Å². The monoisotopic (exact) mass is 270 g/mol. The average molecular weight is 270 g/mol. The van der Waals surface area contributed by atoms with Gasteiger partial charge in [-0.1, -0.05) is 0 Å². The maximum absolute atomic E-state index is 5.15. The van der Waals surface area contributed by atoms with Crippen LogP contribution >= 0.6 is 0 Å². The molecule has 0 amide bonds. The van der Waals surface area contributed by atoms with Gasteiger partial charge in [-0.2, -0.15) is 0 Å². The molecular weight excluding hydrogens is 252 g/mol. The third-order valence-corrected chi connectivity index (χ3v) is 3.45. The molecule has 3 rings (SSSR count). The van der Waals surface area contributed by atoms with Gasteiger partial charge in [0.05, 0.1) is 7.11 Å². The molecule has 1 aromatic carbocycles. The van der Waals surface area contributed by atoms with Gasteiger partial charge >= 0.3 is 0 Å². The fraction of sp³-hybridized carbons (Fsp3) is 0.333. The molecule has 0 spiro atoms. The lowest BCUT2D eigenvalue weighted by molar-refractivity contribution is 0.415. The van der Waals surface area contributed by atoms with Crippen LogP contribution < -0.4 is 15.0 Å². The summed E-state index contributed by atoms with van der Waals surface area (Å²) < 4.78 is 5.15. The molecule has 5 nitrogen and oxygen atoms in total. The second-order valence-electron chi connectivity index (χ2n) is 4.81. The summed E-state index contributed by atoms with van der Waals surface area (Å²) in [5.74, 6) is 2.65. The summed E-state index contributed by atoms with van der Waals surface area (Å²) in [4.78, 5) is 10.9. The van der Waals surface area contributed by atoms with E-state index in [4.69, 9.17) is 4.74 Å². The molecule has 2 heterocycles. The van der Waals surface area contributed by atoms with Gasteiger partial charge in [-0.3, -0.25) is 0 Å². The number of methoxy groups -OCH3 is 1. The van der Waals surface area contributed by atoms with E-state index in [2.05, 4.69) is 20.2 Å². The smallest absolute Gasteiger partial charge is 0.135 e. The Hall–Kier alpha value is -2.30. The van der Waals surface area contributed by atoms with Crippen LogP contribution in [0.3, 0.4) is 0 Å². The van der Waals surface area contributed by atoms with Crippen LogP contribution in [0.15, 0.2) is 36.7 Å². The molecule has 0 bridgehead atoms.